The van der Waals surface area contributed by atoms with Crippen LogP contribution in [0.1, 0.15) is 11.1 Å². The molecule has 0 heterocycles. The first-order valence-electron chi connectivity index (χ1n) is 2.97. The van der Waals surface area contributed by atoms with E-state index in [0.717, 1.165) is 11.1 Å². The van der Waals surface area contributed by atoms with Gasteiger partial charge in [-0.1, -0.05) is 29.8 Å². The molecule has 2 heteroatoms. The van der Waals surface area contributed by atoms with Crippen molar-refractivity contribution in [3.8, 4) is 0 Å². The third-order valence-electron chi connectivity index (χ3n) is 1.42. The van der Waals surface area contributed by atoms with E-state index >= 15 is 0 Å². The second kappa shape index (κ2) is 4.91. The molecule has 0 saturated carbocycles. The van der Waals surface area contributed by atoms with Gasteiger partial charge in [0.2, 0.25) is 0 Å². The van der Waals surface area contributed by atoms with E-state index in [9.17, 15) is 5.11 Å². The van der Waals surface area contributed by atoms with Crippen LogP contribution >= 0.6 is 0 Å². The van der Waals surface area contributed by atoms with E-state index in [0.29, 0.717) is 0 Å². The molecule has 0 aliphatic rings. The van der Waals surface area contributed by atoms with Gasteiger partial charge in [0, 0.05) is 0 Å². The van der Waals surface area contributed by atoms with Crippen LogP contribution in [0.25, 0.3) is 0 Å². The quantitative estimate of drug-likeness (QED) is 0.412. The Morgan fingerprint density at radius 1 is 1.30 bits per heavy atom. The van der Waals surface area contributed by atoms with E-state index in [-0.39, 0.29) is 36.2 Å². The van der Waals surface area contributed by atoms with Crippen LogP contribution in [0, 0.1) is 6.92 Å². The van der Waals surface area contributed by atoms with Crippen LogP contribution in [0.15, 0.2) is 24.3 Å². The van der Waals surface area contributed by atoms with Gasteiger partial charge < -0.3 is 5.11 Å². The summed E-state index contributed by atoms with van der Waals surface area (Å²) in [5, 5.41) is 10.4. The van der Waals surface area contributed by atoms with Gasteiger partial charge in [-0.3, -0.25) is 0 Å². The maximum absolute atomic E-state index is 10.4. The van der Waals surface area contributed by atoms with E-state index in [1.165, 1.54) is 0 Å². The van der Waals surface area contributed by atoms with Crippen LogP contribution in [-0.2, 0) is 6.61 Å². The zero-order valence-electron chi connectivity index (χ0n) is 6.42. The molecule has 1 aromatic carbocycles. The SMILES string of the molecule is Cc1ccccc1C[O-].[Na+]. The van der Waals surface area contributed by atoms with E-state index < -0.39 is 0 Å². The molecule has 0 unspecified atom stereocenters. The van der Waals surface area contributed by atoms with Crippen molar-refractivity contribution < 1.29 is 34.7 Å². The molecule has 0 saturated heterocycles. The summed E-state index contributed by atoms with van der Waals surface area (Å²) in [6.07, 6.45) is 0. The van der Waals surface area contributed by atoms with Crippen molar-refractivity contribution in [1.82, 2.24) is 0 Å². The molecule has 0 amide bonds. The van der Waals surface area contributed by atoms with Crippen molar-refractivity contribution in [1.29, 1.82) is 0 Å². The average Bonchev–Trinajstić information content (AvgIpc) is 1.89. The third-order valence-corrected chi connectivity index (χ3v) is 1.42. The smallest absolute Gasteiger partial charge is 0.851 e. The van der Waals surface area contributed by atoms with Crippen molar-refractivity contribution >= 4 is 0 Å². The monoisotopic (exact) mass is 144 g/mol. The molecule has 0 atom stereocenters. The molecular weight excluding hydrogens is 135 g/mol. The zero-order valence-corrected chi connectivity index (χ0v) is 8.42. The Morgan fingerprint density at radius 3 is 2.30 bits per heavy atom. The van der Waals surface area contributed by atoms with Gasteiger partial charge in [0.1, 0.15) is 0 Å². The largest absolute Gasteiger partial charge is 1.00 e. The summed E-state index contributed by atoms with van der Waals surface area (Å²) in [7, 11) is 0. The second-order valence-corrected chi connectivity index (χ2v) is 2.07. The van der Waals surface area contributed by atoms with Crippen molar-refractivity contribution in [3.05, 3.63) is 35.4 Å². The molecule has 0 bridgehead atoms. The molecular formula is C8H9NaO. The molecule has 0 spiro atoms. The van der Waals surface area contributed by atoms with E-state index in [4.69, 9.17) is 0 Å². The molecule has 1 nitrogen and oxygen atoms in total. The van der Waals surface area contributed by atoms with E-state index in [1.54, 1.807) is 0 Å². The van der Waals surface area contributed by atoms with Gasteiger partial charge in [-0.15, -0.1) is 6.61 Å². The Balaban J connectivity index is 0.000000810. The molecule has 1 rings (SSSR count). The standard InChI is InChI=1S/C8H9O.Na/c1-7-4-2-3-5-8(7)6-9;/h2-5H,6H2,1H3;/q-1;+1. The molecule has 0 aliphatic heterocycles. The summed E-state index contributed by atoms with van der Waals surface area (Å²) >= 11 is 0. The summed E-state index contributed by atoms with van der Waals surface area (Å²) in [6.45, 7) is 1.85. The molecule has 0 N–H and O–H groups in total. The summed E-state index contributed by atoms with van der Waals surface area (Å²) < 4.78 is 0. The number of hydrogen-bond acceptors (Lipinski definition) is 1. The maximum atomic E-state index is 10.4. The minimum absolute atomic E-state index is 0. The van der Waals surface area contributed by atoms with Crippen LogP contribution in [0.3, 0.4) is 0 Å². The number of aryl methyl sites for hydroxylation is 1. The fourth-order valence-electron chi connectivity index (χ4n) is 0.772. The normalized spacial score (nSPS) is 8.60. The summed E-state index contributed by atoms with van der Waals surface area (Å²) in [6, 6.07) is 7.64. The first-order valence-corrected chi connectivity index (χ1v) is 2.97. The first kappa shape index (κ1) is 10.2. The Kier molecular flexibility index (Phi) is 5.00. The molecule has 0 fully saturated rings. The van der Waals surface area contributed by atoms with Gasteiger partial charge >= 0.3 is 29.6 Å². The van der Waals surface area contributed by atoms with Crippen LogP contribution < -0.4 is 34.7 Å². The Hall–Kier alpha value is 0.180. The number of rotatable bonds is 1. The molecule has 0 aliphatic carbocycles. The summed E-state index contributed by atoms with van der Waals surface area (Å²) in [4.78, 5) is 0. The van der Waals surface area contributed by atoms with Gasteiger partial charge in [0.15, 0.2) is 0 Å². The fraction of sp³-hybridized carbons (Fsp3) is 0.250. The molecule has 1 aromatic rings. The number of hydrogen-bond donors (Lipinski definition) is 0. The van der Waals surface area contributed by atoms with Crippen LogP contribution in [0.2, 0.25) is 0 Å². The Bertz CT molecular complexity index is 198. The van der Waals surface area contributed by atoms with Gasteiger partial charge in [-0.2, -0.15) is 0 Å². The molecule has 48 valence electrons. The van der Waals surface area contributed by atoms with Crippen molar-refractivity contribution in [3.63, 3.8) is 0 Å². The van der Waals surface area contributed by atoms with E-state index in [1.807, 2.05) is 31.2 Å². The fourth-order valence-corrected chi connectivity index (χ4v) is 0.772. The van der Waals surface area contributed by atoms with Crippen LogP contribution in [0.4, 0.5) is 0 Å². The Morgan fingerprint density at radius 2 is 1.90 bits per heavy atom. The number of benzene rings is 1. The minimum atomic E-state index is -0.104. The predicted molar refractivity (Wildman–Crippen MR) is 34.9 cm³/mol. The Labute approximate surface area is 83.4 Å². The van der Waals surface area contributed by atoms with Crippen molar-refractivity contribution in [2.75, 3.05) is 0 Å². The average molecular weight is 144 g/mol. The van der Waals surface area contributed by atoms with Gasteiger partial charge in [0.05, 0.1) is 0 Å². The van der Waals surface area contributed by atoms with Gasteiger partial charge in [-0.05, 0) is 12.5 Å². The molecule has 0 radical (unpaired) electrons. The zero-order chi connectivity index (χ0) is 6.69. The summed E-state index contributed by atoms with van der Waals surface area (Å²) in [5.41, 5.74) is 1.99. The van der Waals surface area contributed by atoms with E-state index in [2.05, 4.69) is 0 Å². The maximum Gasteiger partial charge on any atom is 1.00 e. The molecule has 0 aromatic heterocycles. The second-order valence-electron chi connectivity index (χ2n) is 2.07. The van der Waals surface area contributed by atoms with Crippen molar-refractivity contribution in [2.45, 2.75) is 13.5 Å². The van der Waals surface area contributed by atoms with Crippen LogP contribution in [-0.4, -0.2) is 0 Å². The predicted octanol–water partition coefficient (Wildman–Crippen LogP) is -2.14. The van der Waals surface area contributed by atoms with Gasteiger partial charge in [0.25, 0.3) is 0 Å². The van der Waals surface area contributed by atoms with Gasteiger partial charge in [-0.25, -0.2) is 0 Å². The molecule has 10 heavy (non-hydrogen) atoms. The van der Waals surface area contributed by atoms with Crippen LogP contribution in [0.5, 0.6) is 0 Å². The summed E-state index contributed by atoms with van der Waals surface area (Å²) in [5.74, 6) is 0. The minimum Gasteiger partial charge on any atom is -0.851 e. The topological polar surface area (TPSA) is 23.1 Å². The third kappa shape index (κ3) is 2.43. The van der Waals surface area contributed by atoms with Crippen molar-refractivity contribution in [2.24, 2.45) is 0 Å². The first-order chi connectivity index (χ1) is 4.34.